The number of hydrogen-bond donors (Lipinski definition) is 1. The van der Waals surface area contributed by atoms with E-state index in [4.69, 9.17) is 20.8 Å². The highest BCUT2D eigenvalue weighted by Crippen LogP contribution is 2.29. The Morgan fingerprint density at radius 3 is 2.55 bits per heavy atom. The van der Waals surface area contributed by atoms with Gasteiger partial charge in [0, 0.05) is 23.2 Å². The fraction of sp³-hybridized carbons (Fsp3) is 0.345. The van der Waals surface area contributed by atoms with Crippen molar-refractivity contribution in [3.05, 3.63) is 82.8 Å². The maximum Gasteiger partial charge on any atom is 0.250 e. The molecule has 2 aromatic carbocycles. The van der Waals surface area contributed by atoms with Gasteiger partial charge in [-0.2, -0.15) is 4.80 Å². The lowest BCUT2D eigenvalue weighted by molar-refractivity contribution is -0.143. The molecule has 10 nitrogen and oxygen atoms in total. The number of carbonyl (C=O) groups excluding carboxylic acids is 2. The Balaban J connectivity index is 1.45. The minimum absolute atomic E-state index is 0.0624. The first-order valence-corrected chi connectivity index (χ1v) is 13.6. The summed E-state index contributed by atoms with van der Waals surface area (Å²) in [5.74, 6) is 1.40. The first-order chi connectivity index (χ1) is 19.4. The largest absolute Gasteiger partial charge is 0.497 e. The molecule has 0 radical (unpaired) electrons. The van der Waals surface area contributed by atoms with Crippen molar-refractivity contribution in [2.24, 2.45) is 0 Å². The van der Waals surface area contributed by atoms with Gasteiger partial charge in [0.05, 0.1) is 7.11 Å². The van der Waals surface area contributed by atoms with Crippen LogP contribution in [0.25, 0.3) is 11.4 Å². The summed E-state index contributed by atoms with van der Waals surface area (Å²) in [7, 11) is 1.59. The van der Waals surface area contributed by atoms with Crippen LogP contribution in [0.2, 0.25) is 5.02 Å². The Bertz CT molecular complexity index is 1460. The number of carbonyl (C=O) groups is 2. The number of halogens is 1. The average Bonchev–Trinajstić information content (AvgIpc) is 3.73. The second kappa shape index (κ2) is 12.3. The van der Waals surface area contributed by atoms with Gasteiger partial charge in [-0.1, -0.05) is 42.6 Å². The molecule has 2 aromatic heterocycles. The third kappa shape index (κ3) is 6.34. The van der Waals surface area contributed by atoms with E-state index in [1.165, 1.54) is 9.70 Å². The monoisotopic (exact) mass is 562 g/mol. The first kappa shape index (κ1) is 27.4. The number of benzene rings is 2. The van der Waals surface area contributed by atoms with Crippen LogP contribution < -0.4 is 10.1 Å². The minimum atomic E-state index is -1.01. The van der Waals surface area contributed by atoms with Gasteiger partial charge in [0.25, 0.3) is 5.91 Å². The summed E-state index contributed by atoms with van der Waals surface area (Å²) in [5.41, 5.74) is 1.43. The Kier molecular flexibility index (Phi) is 8.45. The molecule has 0 saturated heterocycles. The standard InChI is InChI=1S/C29H31ClN6O4/c1-19-11-16-25(40-19)27(29(38)31-22-8-4-5-9-22)35(17-21-7-3-6-10-24(21)30)26(37)18-36-33-28(32-34-36)20-12-14-23(39-2)15-13-20/h3,6-7,10-16,22,27H,4-5,8-9,17-18H2,1-2H3,(H,31,38). The molecule has 2 amide bonds. The number of hydrogen-bond acceptors (Lipinski definition) is 7. The van der Waals surface area contributed by atoms with Crippen molar-refractivity contribution in [1.82, 2.24) is 30.4 Å². The van der Waals surface area contributed by atoms with Gasteiger partial charge in [-0.3, -0.25) is 9.59 Å². The summed E-state index contributed by atoms with van der Waals surface area (Å²) in [4.78, 5) is 30.4. The molecule has 1 N–H and O–H groups in total. The van der Waals surface area contributed by atoms with Gasteiger partial charge in [-0.05, 0) is 73.0 Å². The van der Waals surface area contributed by atoms with Gasteiger partial charge in [-0.25, -0.2) is 0 Å². The number of rotatable bonds is 10. The number of amides is 2. The van der Waals surface area contributed by atoms with Crippen molar-refractivity contribution in [3.63, 3.8) is 0 Å². The van der Waals surface area contributed by atoms with Gasteiger partial charge in [0.15, 0.2) is 6.04 Å². The van der Waals surface area contributed by atoms with Crippen LogP contribution in [0.5, 0.6) is 5.75 Å². The summed E-state index contributed by atoms with van der Waals surface area (Å²) in [5, 5.41) is 16.2. The number of nitrogens with zero attached hydrogens (tertiary/aromatic N) is 5. The van der Waals surface area contributed by atoms with Crippen LogP contribution in [0.3, 0.4) is 0 Å². The number of ether oxygens (including phenoxy) is 1. The molecule has 208 valence electrons. The molecule has 1 aliphatic rings. The molecule has 1 aliphatic carbocycles. The SMILES string of the molecule is COc1ccc(-c2nnn(CC(=O)N(Cc3ccccc3Cl)C(C(=O)NC3CCCC3)c3ccc(C)o3)n2)cc1. The van der Waals surface area contributed by atoms with E-state index < -0.39 is 6.04 Å². The molecule has 1 saturated carbocycles. The van der Waals surface area contributed by atoms with Gasteiger partial charge < -0.3 is 19.4 Å². The highest BCUT2D eigenvalue weighted by molar-refractivity contribution is 6.31. The van der Waals surface area contributed by atoms with Crippen LogP contribution >= 0.6 is 11.6 Å². The molecule has 11 heteroatoms. The highest BCUT2D eigenvalue weighted by atomic mass is 35.5. The molecule has 1 atom stereocenters. The lowest BCUT2D eigenvalue weighted by atomic mass is 10.1. The van der Waals surface area contributed by atoms with E-state index in [0.29, 0.717) is 33.7 Å². The van der Waals surface area contributed by atoms with Crippen molar-refractivity contribution in [2.45, 2.75) is 57.8 Å². The van der Waals surface area contributed by atoms with Crippen molar-refractivity contribution in [3.8, 4) is 17.1 Å². The van der Waals surface area contributed by atoms with E-state index in [1.807, 2.05) is 30.3 Å². The maximum atomic E-state index is 13.9. The third-order valence-electron chi connectivity index (χ3n) is 6.99. The van der Waals surface area contributed by atoms with E-state index in [0.717, 1.165) is 31.2 Å². The van der Waals surface area contributed by atoms with E-state index in [1.54, 1.807) is 44.4 Å². The fourth-order valence-electron chi connectivity index (χ4n) is 4.89. The zero-order chi connectivity index (χ0) is 28.1. The molecule has 5 rings (SSSR count). The summed E-state index contributed by atoms with van der Waals surface area (Å²) < 4.78 is 11.1. The fourth-order valence-corrected chi connectivity index (χ4v) is 5.08. The first-order valence-electron chi connectivity index (χ1n) is 13.2. The summed E-state index contributed by atoms with van der Waals surface area (Å²) >= 11 is 6.49. The van der Waals surface area contributed by atoms with Crippen LogP contribution in [0.4, 0.5) is 0 Å². The molecular weight excluding hydrogens is 532 g/mol. The van der Waals surface area contributed by atoms with Crippen LogP contribution in [0.1, 0.15) is 48.8 Å². The van der Waals surface area contributed by atoms with Crippen LogP contribution in [-0.4, -0.2) is 50.1 Å². The number of furan rings is 1. The Hall–Kier alpha value is -4.18. The van der Waals surface area contributed by atoms with Crippen LogP contribution in [0.15, 0.2) is 65.1 Å². The van der Waals surface area contributed by atoms with Crippen molar-refractivity contribution in [1.29, 1.82) is 0 Å². The van der Waals surface area contributed by atoms with E-state index in [9.17, 15) is 9.59 Å². The second-order valence-corrected chi connectivity index (χ2v) is 10.2. The van der Waals surface area contributed by atoms with Gasteiger partial charge in [0.1, 0.15) is 23.8 Å². The van der Waals surface area contributed by atoms with Crippen molar-refractivity contribution in [2.75, 3.05) is 7.11 Å². The Labute approximate surface area is 237 Å². The lowest BCUT2D eigenvalue weighted by Gasteiger charge is -2.31. The number of aryl methyl sites for hydroxylation is 1. The lowest BCUT2D eigenvalue weighted by Crippen LogP contribution is -2.46. The summed E-state index contributed by atoms with van der Waals surface area (Å²) in [6, 6.07) is 17.0. The summed E-state index contributed by atoms with van der Waals surface area (Å²) in [6.45, 7) is 1.65. The minimum Gasteiger partial charge on any atom is -0.497 e. The van der Waals surface area contributed by atoms with E-state index in [2.05, 4.69) is 20.7 Å². The quantitative estimate of drug-likeness (QED) is 0.297. The molecular formula is C29H31ClN6O4. The van der Waals surface area contributed by atoms with Gasteiger partial charge in [-0.15, -0.1) is 10.2 Å². The molecule has 0 aliphatic heterocycles. The van der Waals surface area contributed by atoms with Crippen LogP contribution in [-0.2, 0) is 22.7 Å². The second-order valence-electron chi connectivity index (χ2n) is 9.83. The molecule has 1 unspecified atom stereocenters. The van der Waals surface area contributed by atoms with E-state index >= 15 is 0 Å². The predicted octanol–water partition coefficient (Wildman–Crippen LogP) is 4.73. The number of nitrogens with one attached hydrogen (secondary N) is 1. The van der Waals surface area contributed by atoms with Crippen LogP contribution in [0, 0.1) is 6.92 Å². The average molecular weight is 563 g/mol. The van der Waals surface area contributed by atoms with Crippen molar-refractivity contribution >= 4 is 23.4 Å². The summed E-state index contributed by atoms with van der Waals surface area (Å²) in [6.07, 6.45) is 3.94. The topological polar surface area (TPSA) is 115 Å². The zero-order valence-electron chi connectivity index (χ0n) is 22.4. The molecule has 0 bridgehead atoms. The molecule has 0 spiro atoms. The van der Waals surface area contributed by atoms with Gasteiger partial charge in [0.2, 0.25) is 11.7 Å². The zero-order valence-corrected chi connectivity index (χ0v) is 23.2. The normalized spacial score (nSPS) is 14.2. The molecule has 2 heterocycles. The smallest absolute Gasteiger partial charge is 0.250 e. The Morgan fingerprint density at radius 2 is 1.88 bits per heavy atom. The number of tetrazole rings is 1. The van der Waals surface area contributed by atoms with Crippen molar-refractivity contribution < 1.29 is 18.7 Å². The number of methoxy groups -OCH3 is 1. The molecule has 40 heavy (non-hydrogen) atoms. The maximum absolute atomic E-state index is 13.9. The van der Waals surface area contributed by atoms with E-state index in [-0.39, 0.29) is 30.9 Å². The van der Waals surface area contributed by atoms with Gasteiger partial charge >= 0.3 is 0 Å². The molecule has 4 aromatic rings. The third-order valence-corrected chi connectivity index (χ3v) is 7.36. The Morgan fingerprint density at radius 1 is 1.12 bits per heavy atom. The predicted molar refractivity (Wildman–Crippen MR) is 148 cm³/mol. The molecule has 1 fully saturated rings. The number of aromatic nitrogens is 4. The highest BCUT2D eigenvalue weighted by Gasteiger charge is 2.36.